The van der Waals surface area contributed by atoms with Crippen LogP contribution in [-0.2, 0) is 11.3 Å². The second-order valence-electron chi connectivity index (χ2n) is 6.69. The van der Waals surface area contributed by atoms with Gasteiger partial charge in [0.1, 0.15) is 12.7 Å². The van der Waals surface area contributed by atoms with Crippen molar-refractivity contribution in [3.63, 3.8) is 0 Å². The molecule has 1 aliphatic rings. The number of ether oxygens (including phenoxy) is 1. The second-order valence-corrected chi connectivity index (χ2v) is 6.69. The van der Waals surface area contributed by atoms with Gasteiger partial charge in [-0.2, -0.15) is 5.10 Å². The minimum Gasteiger partial charge on any atom is -0.376 e. The summed E-state index contributed by atoms with van der Waals surface area (Å²) in [6.45, 7) is 1.80. The first-order chi connectivity index (χ1) is 13.8. The van der Waals surface area contributed by atoms with Gasteiger partial charge in [0.15, 0.2) is 0 Å². The monoisotopic (exact) mass is 378 g/mol. The van der Waals surface area contributed by atoms with Gasteiger partial charge < -0.3 is 15.0 Å². The molecule has 28 heavy (non-hydrogen) atoms. The van der Waals surface area contributed by atoms with Crippen LogP contribution in [0.2, 0.25) is 0 Å². The first kappa shape index (κ1) is 18.1. The number of carbonyl (C=O) groups is 1. The van der Waals surface area contributed by atoms with E-state index in [1.54, 1.807) is 28.3 Å². The number of nitrogens with zero attached hydrogens (tertiary/aromatic N) is 5. The smallest absolute Gasteiger partial charge is 0.322 e. The minimum atomic E-state index is -0.159. The number of pyridine rings is 1. The van der Waals surface area contributed by atoms with Gasteiger partial charge in [-0.15, -0.1) is 0 Å². The van der Waals surface area contributed by atoms with Crippen molar-refractivity contribution in [1.82, 2.24) is 24.6 Å². The number of nitrogens with one attached hydrogen (secondary N) is 1. The molecule has 4 rings (SSSR count). The van der Waals surface area contributed by atoms with Crippen LogP contribution in [0.25, 0.3) is 5.69 Å². The molecule has 1 N–H and O–H groups in total. The molecule has 1 fully saturated rings. The van der Waals surface area contributed by atoms with Crippen LogP contribution < -0.4 is 5.32 Å². The molecule has 1 atom stereocenters. The summed E-state index contributed by atoms with van der Waals surface area (Å²) in [6, 6.07) is 11.2. The predicted octanol–water partition coefficient (Wildman–Crippen LogP) is 2.88. The first-order valence-electron chi connectivity index (χ1n) is 9.29. The van der Waals surface area contributed by atoms with Crippen molar-refractivity contribution < 1.29 is 9.53 Å². The summed E-state index contributed by atoms with van der Waals surface area (Å²) in [5.41, 5.74) is 2.58. The topological polar surface area (TPSA) is 85.2 Å². The van der Waals surface area contributed by atoms with E-state index in [4.69, 9.17) is 4.74 Å². The summed E-state index contributed by atoms with van der Waals surface area (Å²) in [4.78, 5) is 22.8. The molecule has 1 saturated heterocycles. The largest absolute Gasteiger partial charge is 0.376 e. The summed E-state index contributed by atoms with van der Waals surface area (Å²) in [6.07, 6.45) is 8.72. The van der Waals surface area contributed by atoms with E-state index in [-0.39, 0.29) is 12.1 Å². The van der Waals surface area contributed by atoms with Crippen LogP contribution in [0.1, 0.15) is 18.4 Å². The average Bonchev–Trinajstić information content (AvgIpc) is 3.43. The van der Waals surface area contributed by atoms with Crippen molar-refractivity contribution in [2.45, 2.75) is 25.5 Å². The number of amides is 2. The lowest BCUT2D eigenvalue weighted by molar-refractivity contribution is 0.0819. The molecular formula is C20H22N6O2. The standard InChI is InChI=1S/C20H22N6O2/c27-20(24-17-5-7-18(8-6-17)26-15-22-14-23-26)25(13-19-4-2-10-28-19)12-16-3-1-9-21-11-16/h1,3,5-9,11,14-15,19H,2,4,10,12-13H2,(H,24,27)/t19-/m1/s1. The van der Waals surface area contributed by atoms with Crippen LogP contribution in [-0.4, -0.2) is 49.9 Å². The van der Waals surface area contributed by atoms with E-state index in [0.717, 1.165) is 36.4 Å². The van der Waals surface area contributed by atoms with Crippen molar-refractivity contribution in [2.24, 2.45) is 0 Å². The molecule has 0 bridgehead atoms. The van der Waals surface area contributed by atoms with Crippen molar-refractivity contribution in [2.75, 3.05) is 18.5 Å². The van der Waals surface area contributed by atoms with Gasteiger partial charge in [0, 0.05) is 37.8 Å². The number of hydrogen-bond donors (Lipinski definition) is 1. The third-order valence-electron chi connectivity index (χ3n) is 4.63. The molecular weight excluding hydrogens is 356 g/mol. The van der Waals surface area contributed by atoms with E-state index in [9.17, 15) is 4.79 Å². The van der Waals surface area contributed by atoms with Crippen LogP contribution in [0.3, 0.4) is 0 Å². The zero-order valence-electron chi connectivity index (χ0n) is 15.4. The number of rotatable bonds is 6. The highest BCUT2D eigenvalue weighted by molar-refractivity contribution is 5.89. The van der Waals surface area contributed by atoms with Gasteiger partial charge in [-0.05, 0) is 48.7 Å². The number of hydrogen-bond acceptors (Lipinski definition) is 5. The van der Waals surface area contributed by atoms with Gasteiger partial charge in [-0.25, -0.2) is 14.5 Å². The Morgan fingerprint density at radius 2 is 2.14 bits per heavy atom. The fourth-order valence-electron chi connectivity index (χ4n) is 3.21. The van der Waals surface area contributed by atoms with E-state index in [0.29, 0.717) is 13.1 Å². The molecule has 8 heteroatoms. The maximum Gasteiger partial charge on any atom is 0.322 e. The summed E-state index contributed by atoms with van der Waals surface area (Å²) in [5, 5.41) is 7.07. The molecule has 8 nitrogen and oxygen atoms in total. The normalized spacial score (nSPS) is 16.1. The van der Waals surface area contributed by atoms with Crippen LogP contribution in [0.15, 0.2) is 61.4 Å². The summed E-state index contributed by atoms with van der Waals surface area (Å²) in [5.74, 6) is 0. The molecule has 3 heterocycles. The summed E-state index contributed by atoms with van der Waals surface area (Å²) < 4.78 is 7.39. The molecule has 1 aromatic carbocycles. The average molecular weight is 378 g/mol. The molecule has 1 aliphatic heterocycles. The third kappa shape index (κ3) is 4.52. The Kier molecular flexibility index (Phi) is 5.58. The van der Waals surface area contributed by atoms with Gasteiger partial charge in [0.25, 0.3) is 0 Å². The Morgan fingerprint density at radius 3 is 2.82 bits per heavy atom. The Bertz CT molecular complexity index is 877. The molecule has 0 spiro atoms. The zero-order chi connectivity index (χ0) is 19.2. The highest BCUT2D eigenvalue weighted by Crippen LogP contribution is 2.17. The van der Waals surface area contributed by atoms with Crippen LogP contribution >= 0.6 is 0 Å². The third-order valence-corrected chi connectivity index (χ3v) is 4.63. The lowest BCUT2D eigenvalue weighted by Crippen LogP contribution is -2.39. The van der Waals surface area contributed by atoms with E-state index in [1.165, 1.54) is 6.33 Å². The van der Waals surface area contributed by atoms with E-state index < -0.39 is 0 Å². The number of benzene rings is 1. The van der Waals surface area contributed by atoms with Crippen LogP contribution in [0.4, 0.5) is 10.5 Å². The van der Waals surface area contributed by atoms with Crippen molar-refractivity contribution in [1.29, 1.82) is 0 Å². The number of anilines is 1. The lowest BCUT2D eigenvalue weighted by Gasteiger charge is -2.26. The molecule has 0 unspecified atom stereocenters. The molecule has 2 aromatic heterocycles. The Hall–Kier alpha value is -3.26. The Balaban J connectivity index is 1.44. The quantitative estimate of drug-likeness (QED) is 0.713. The number of aromatic nitrogens is 4. The summed E-state index contributed by atoms with van der Waals surface area (Å²) in [7, 11) is 0. The Morgan fingerprint density at radius 1 is 1.25 bits per heavy atom. The highest BCUT2D eigenvalue weighted by atomic mass is 16.5. The Labute approximate surface area is 163 Å². The predicted molar refractivity (Wildman–Crippen MR) is 104 cm³/mol. The lowest BCUT2D eigenvalue weighted by atomic mass is 10.2. The number of urea groups is 1. The maximum absolute atomic E-state index is 12.9. The molecule has 3 aromatic rings. The maximum atomic E-state index is 12.9. The molecule has 0 aliphatic carbocycles. The highest BCUT2D eigenvalue weighted by Gasteiger charge is 2.23. The SMILES string of the molecule is O=C(Nc1ccc(-n2cncn2)cc1)N(Cc1cccnc1)C[C@H]1CCCO1. The molecule has 0 radical (unpaired) electrons. The molecule has 2 amide bonds. The minimum absolute atomic E-state index is 0.0807. The van der Waals surface area contributed by atoms with Crippen molar-refractivity contribution in [3.8, 4) is 5.69 Å². The van der Waals surface area contributed by atoms with E-state index in [1.807, 2.05) is 36.4 Å². The van der Waals surface area contributed by atoms with Gasteiger partial charge in [-0.1, -0.05) is 6.07 Å². The zero-order valence-corrected chi connectivity index (χ0v) is 15.4. The molecule has 144 valence electrons. The van der Waals surface area contributed by atoms with E-state index in [2.05, 4.69) is 20.4 Å². The van der Waals surface area contributed by atoms with Crippen molar-refractivity contribution >= 4 is 11.7 Å². The van der Waals surface area contributed by atoms with Gasteiger partial charge in [0.2, 0.25) is 0 Å². The first-order valence-corrected chi connectivity index (χ1v) is 9.29. The number of carbonyl (C=O) groups excluding carboxylic acids is 1. The second kappa shape index (κ2) is 8.62. The van der Waals surface area contributed by atoms with Crippen LogP contribution in [0.5, 0.6) is 0 Å². The van der Waals surface area contributed by atoms with Crippen LogP contribution in [0, 0.1) is 0 Å². The van der Waals surface area contributed by atoms with Gasteiger partial charge in [0.05, 0.1) is 11.8 Å². The molecule has 0 saturated carbocycles. The fourth-order valence-corrected chi connectivity index (χ4v) is 3.21. The van der Waals surface area contributed by atoms with E-state index >= 15 is 0 Å². The summed E-state index contributed by atoms with van der Waals surface area (Å²) >= 11 is 0. The van der Waals surface area contributed by atoms with Crippen molar-refractivity contribution in [3.05, 3.63) is 67.0 Å². The van der Waals surface area contributed by atoms with Gasteiger partial charge >= 0.3 is 6.03 Å². The fraction of sp³-hybridized carbons (Fsp3) is 0.300. The van der Waals surface area contributed by atoms with Gasteiger partial charge in [-0.3, -0.25) is 4.98 Å².